The van der Waals surface area contributed by atoms with Crippen molar-refractivity contribution in [2.75, 3.05) is 0 Å². The van der Waals surface area contributed by atoms with Crippen molar-refractivity contribution >= 4 is 15.9 Å². The molecule has 0 aromatic heterocycles. The van der Waals surface area contributed by atoms with Crippen molar-refractivity contribution in [1.82, 2.24) is 0 Å². The second kappa shape index (κ2) is 2.99. The van der Waals surface area contributed by atoms with Crippen molar-refractivity contribution in [3.05, 3.63) is 35.4 Å². The van der Waals surface area contributed by atoms with E-state index in [1.807, 2.05) is 0 Å². The van der Waals surface area contributed by atoms with Crippen LogP contribution in [0.2, 0.25) is 0 Å². The van der Waals surface area contributed by atoms with E-state index in [0.29, 0.717) is 0 Å². The van der Waals surface area contributed by atoms with Crippen molar-refractivity contribution in [2.24, 2.45) is 0 Å². The molecular formula is C10H8BrF3. The molecular weight excluding hydrogens is 257 g/mol. The van der Waals surface area contributed by atoms with Crippen LogP contribution in [0, 0.1) is 0 Å². The van der Waals surface area contributed by atoms with E-state index in [-0.39, 0.29) is 4.32 Å². The molecule has 0 nitrogen and oxygen atoms in total. The Morgan fingerprint density at radius 2 is 1.57 bits per heavy atom. The lowest BCUT2D eigenvalue weighted by Gasteiger charge is -2.10. The van der Waals surface area contributed by atoms with Crippen LogP contribution < -0.4 is 0 Å². The summed E-state index contributed by atoms with van der Waals surface area (Å²) >= 11 is 3.49. The van der Waals surface area contributed by atoms with Crippen molar-refractivity contribution in [3.63, 3.8) is 0 Å². The van der Waals surface area contributed by atoms with E-state index in [1.54, 1.807) is 12.1 Å². The zero-order valence-electron chi connectivity index (χ0n) is 7.24. The minimum Gasteiger partial charge on any atom is -0.166 e. The predicted octanol–water partition coefficient (Wildman–Crippen LogP) is 4.09. The van der Waals surface area contributed by atoms with Crippen LogP contribution in [0.1, 0.15) is 24.0 Å². The van der Waals surface area contributed by atoms with Gasteiger partial charge in [-0.3, -0.25) is 0 Å². The highest BCUT2D eigenvalue weighted by atomic mass is 79.9. The van der Waals surface area contributed by atoms with Gasteiger partial charge in [0.1, 0.15) is 0 Å². The summed E-state index contributed by atoms with van der Waals surface area (Å²) in [7, 11) is 0. The zero-order valence-corrected chi connectivity index (χ0v) is 8.82. The average molecular weight is 265 g/mol. The van der Waals surface area contributed by atoms with Gasteiger partial charge < -0.3 is 0 Å². The van der Waals surface area contributed by atoms with Gasteiger partial charge in [0.15, 0.2) is 0 Å². The Balaban J connectivity index is 2.27. The van der Waals surface area contributed by atoms with E-state index >= 15 is 0 Å². The summed E-state index contributed by atoms with van der Waals surface area (Å²) < 4.78 is 36.6. The highest BCUT2D eigenvalue weighted by Crippen LogP contribution is 2.53. The third-order valence-electron chi connectivity index (χ3n) is 2.42. The topological polar surface area (TPSA) is 0 Å². The Hall–Kier alpha value is -0.510. The molecule has 0 radical (unpaired) electrons. The first-order valence-corrected chi connectivity index (χ1v) is 5.08. The molecule has 76 valence electrons. The number of rotatable bonds is 1. The molecule has 1 fully saturated rings. The molecule has 0 saturated heterocycles. The normalized spacial score (nSPS) is 19.4. The number of hydrogen-bond acceptors (Lipinski definition) is 0. The largest absolute Gasteiger partial charge is 0.416 e. The van der Waals surface area contributed by atoms with Gasteiger partial charge in [0.05, 0.1) is 9.89 Å². The van der Waals surface area contributed by atoms with Crippen molar-refractivity contribution in [2.45, 2.75) is 23.3 Å². The first kappa shape index (κ1) is 10.0. The number of halogens is 4. The molecule has 0 bridgehead atoms. The molecule has 1 aliphatic rings. The molecule has 0 N–H and O–H groups in total. The smallest absolute Gasteiger partial charge is 0.166 e. The van der Waals surface area contributed by atoms with Crippen LogP contribution >= 0.6 is 15.9 Å². The Labute approximate surface area is 88.2 Å². The van der Waals surface area contributed by atoms with E-state index in [2.05, 4.69) is 15.9 Å². The summed E-state index contributed by atoms with van der Waals surface area (Å²) in [4.78, 5) is 0. The van der Waals surface area contributed by atoms with E-state index in [0.717, 1.165) is 30.5 Å². The lowest BCUT2D eigenvalue weighted by atomic mass is 10.1. The van der Waals surface area contributed by atoms with E-state index in [9.17, 15) is 13.2 Å². The Bertz CT molecular complexity index is 311. The maximum atomic E-state index is 12.2. The monoisotopic (exact) mass is 264 g/mol. The third-order valence-corrected chi connectivity index (χ3v) is 3.67. The summed E-state index contributed by atoms with van der Waals surface area (Å²) in [5.74, 6) is 0. The summed E-state index contributed by atoms with van der Waals surface area (Å²) in [5.41, 5.74) is 0.350. The molecule has 2 rings (SSSR count). The van der Waals surface area contributed by atoms with Crippen LogP contribution in [0.15, 0.2) is 24.3 Å². The maximum absolute atomic E-state index is 12.2. The van der Waals surface area contributed by atoms with Gasteiger partial charge in [-0.1, -0.05) is 28.1 Å². The Morgan fingerprint density at radius 3 is 1.93 bits per heavy atom. The van der Waals surface area contributed by atoms with Crippen LogP contribution in [0.4, 0.5) is 13.2 Å². The minimum absolute atomic E-state index is 0.0445. The fourth-order valence-corrected chi connectivity index (χ4v) is 1.82. The Morgan fingerprint density at radius 1 is 1.07 bits per heavy atom. The molecule has 1 aromatic rings. The van der Waals surface area contributed by atoms with Gasteiger partial charge in [-0.25, -0.2) is 0 Å². The molecule has 1 aliphatic carbocycles. The molecule has 0 atom stereocenters. The van der Waals surface area contributed by atoms with Crippen LogP contribution in [0.5, 0.6) is 0 Å². The standard InChI is InChI=1S/C10H8BrF3/c11-9(5-6-9)7-1-3-8(4-2-7)10(12,13)14/h1-4H,5-6H2. The fraction of sp³-hybridized carbons (Fsp3) is 0.400. The van der Waals surface area contributed by atoms with Crippen molar-refractivity contribution in [1.29, 1.82) is 0 Å². The van der Waals surface area contributed by atoms with Gasteiger partial charge >= 0.3 is 6.18 Å². The molecule has 0 unspecified atom stereocenters. The van der Waals surface area contributed by atoms with E-state index in [1.165, 1.54) is 0 Å². The Kier molecular flexibility index (Phi) is 2.14. The van der Waals surface area contributed by atoms with E-state index in [4.69, 9.17) is 0 Å². The highest BCUT2D eigenvalue weighted by Gasteiger charge is 2.41. The second-order valence-corrected chi connectivity index (χ2v) is 5.06. The van der Waals surface area contributed by atoms with Crippen molar-refractivity contribution < 1.29 is 13.2 Å². The van der Waals surface area contributed by atoms with Crippen LogP contribution in [-0.4, -0.2) is 0 Å². The predicted molar refractivity (Wildman–Crippen MR) is 51.3 cm³/mol. The van der Waals surface area contributed by atoms with Gasteiger partial charge in [0.2, 0.25) is 0 Å². The maximum Gasteiger partial charge on any atom is 0.416 e. The number of hydrogen-bond donors (Lipinski definition) is 0. The molecule has 0 amide bonds. The number of alkyl halides is 4. The van der Waals surface area contributed by atoms with Gasteiger partial charge in [-0.05, 0) is 30.5 Å². The van der Waals surface area contributed by atoms with Gasteiger partial charge in [0, 0.05) is 0 Å². The molecule has 0 spiro atoms. The van der Waals surface area contributed by atoms with Crippen LogP contribution in [0.25, 0.3) is 0 Å². The summed E-state index contributed by atoms with van der Waals surface area (Å²) in [6.45, 7) is 0. The zero-order chi connectivity index (χ0) is 10.4. The quantitative estimate of drug-likeness (QED) is 0.671. The molecule has 0 heterocycles. The summed E-state index contributed by atoms with van der Waals surface area (Å²) in [6.07, 6.45) is -2.24. The second-order valence-electron chi connectivity index (χ2n) is 3.54. The lowest BCUT2D eigenvalue weighted by Crippen LogP contribution is -2.05. The highest BCUT2D eigenvalue weighted by molar-refractivity contribution is 9.09. The third kappa shape index (κ3) is 1.80. The molecule has 4 heteroatoms. The first-order chi connectivity index (χ1) is 6.42. The van der Waals surface area contributed by atoms with Gasteiger partial charge in [-0.15, -0.1) is 0 Å². The average Bonchev–Trinajstić information content (AvgIpc) is 2.84. The van der Waals surface area contributed by atoms with E-state index < -0.39 is 11.7 Å². The molecule has 1 aromatic carbocycles. The SMILES string of the molecule is FC(F)(F)c1ccc(C2(Br)CC2)cc1. The first-order valence-electron chi connectivity index (χ1n) is 4.28. The number of benzene rings is 1. The molecule has 0 aliphatic heterocycles. The summed E-state index contributed by atoms with van der Waals surface area (Å²) in [5, 5.41) is 0. The van der Waals surface area contributed by atoms with Crippen LogP contribution in [-0.2, 0) is 10.5 Å². The van der Waals surface area contributed by atoms with Gasteiger partial charge in [-0.2, -0.15) is 13.2 Å². The van der Waals surface area contributed by atoms with Gasteiger partial charge in [0.25, 0.3) is 0 Å². The molecule has 1 saturated carbocycles. The summed E-state index contributed by atoms with van der Waals surface area (Å²) in [6, 6.07) is 5.36. The lowest BCUT2D eigenvalue weighted by molar-refractivity contribution is -0.137. The molecule has 14 heavy (non-hydrogen) atoms. The fourth-order valence-electron chi connectivity index (χ4n) is 1.36. The van der Waals surface area contributed by atoms with Crippen LogP contribution in [0.3, 0.4) is 0 Å². The minimum atomic E-state index is -4.23. The van der Waals surface area contributed by atoms with Crippen molar-refractivity contribution in [3.8, 4) is 0 Å².